The molecule has 0 aliphatic carbocycles. The number of fused-ring (bicyclic) bond motifs is 3. The van der Waals surface area contributed by atoms with Crippen molar-refractivity contribution in [3.63, 3.8) is 0 Å². The first-order valence-corrected chi connectivity index (χ1v) is 6.36. The standard InChI is InChI=1S/C14H10N5O2/c20-18(21)11-6-7-12-13(8-11)17-14(9-15-19(17)16-12)10-4-2-1-3-5-10/h1-9H,(H,15,16)/q+1. The van der Waals surface area contributed by atoms with E-state index in [1.807, 2.05) is 34.8 Å². The van der Waals surface area contributed by atoms with Gasteiger partial charge in [-0.3, -0.25) is 10.1 Å². The summed E-state index contributed by atoms with van der Waals surface area (Å²) in [5.74, 6) is 0. The number of nitro groups is 1. The molecule has 0 spiro atoms. The van der Waals surface area contributed by atoms with Crippen LogP contribution < -0.4 is 4.52 Å². The van der Waals surface area contributed by atoms with Gasteiger partial charge in [0, 0.05) is 16.7 Å². The maximum atomic E-state index is 11.0. The number of hydrogen-bond donors (Lipinski definition) is 1. The van der Waals surface area contributed by atoms with E-state index in [4.69, 9.17) is 0 Å². The molecule has 0 amide bonds. The predicted octanol–water partition coefficient (Wildman–Crippen LogP) is 1.98. The highest BCUT2D eigenvalue weighted by Gasteiger charge is 2.20. The van der Waals surface area contributed by atoms with Gasteiger partial charge in [-0.15, -0.1) is 4.52 Å². The van der Waals surface area contributed by atoms with Crippen molar-refractivity contribution >= 4 is 16.7 Å². The number of H-pyrrole nitrogens is 1. The van der Waals surface area contributed by atoms with E-state index in [1.54, 1.807) is 23.1 Å². The summed E-state index contributed by atoms with van der Waals surface area (Å²) in [5, 5.41) is 18.3. The molecule has 2 aromatic heterocycles. The Bertz CT molecular complexity index is 971. The quantitative estimate of drug-likeness (QED) is 0.346. The topological polar surface area (TPSA) is 80.3 Å². The Balaban J connectivity index is 2.07. The average molecular weight is 280 g/mol. The summed E-state index contributed by atoms with van der Waals surface area (Å²) < 4.78 is 3.38. The lowest BCUT2D eigenvalue weighted by molar-refractivity contribution is -0.587. The number of aromatic amines is 1. The molecular weight excluding hydrogens is 270 g/mol. The van der Waals surface area contributed by atoms with Gasteiger partial charge in [-0.25, -0.2) is 0 Å². The summed E-state index contributed by atoms with van der Waals surface area (Å²) in [7, 11) is 0. The van der Waals surface area contributed by atoms with Crippen LogP contribution in [-0.4, -0.2) is 19.9 Å². The maximum Gasteiger partial charge on any atom is 0.273 e. The lowest BCUT2D eigenvalue weighted by atomic mass is 10.2. The van der Waals surface area contributed by atoms with Gasteiger partial charge in [0.2, 0.25) is 0 Å². The Morgan fingerprint density at radius 1 is 1.19 bits per heavy atom. The minimum absolute atomic E-state index is 0.0525. The van der Waals surface area contributed by atoms with E-state index in [0.29, 0.717) is 5.52 Å². The molecule has 0 bridgehead atoms. The Morgan fingerprint density at radius 2 is 2.00 bits per heavy atom. The third-order valence-corrected chi connectivity index (χ3v) is 3.42. The van der Waals surface area contributed by atoms with Gasteiger partial charge in [0.05, 0.1) is 15.7 Å². The van der Waals surface area contributed by atoms with Crippen molar-refractivity contribution in [2.75, 3.05) is 0 Å². The van der Waals surface area contributed by atoms with Crippen LogP contribution in [-0.2, 0) is 0 Å². The minimum atomic E-state index is -0.401. The van der Waals surface area contributed by atoms with E-state index >= 15 is 0 Å². The monoisotopic (exact) mass is 280 g/mol. The van der Waals surface area contributed by atoms with Gasteiger partial charge < -0.3 is 0 Å². The molecule has 4 aromatic rings. The summed E-state index contributed by atoms with van der Waals surface area (Å²) in [6.45, 7) is 0. The number of nitro benzene ring substituents is 1. The van der Waals surface area contributed by atoms with Crippen molar-refractivity contribution in [3.05, 3.63) is 64.8 Å². The molecule has 0 fully saturated rings. The van der Waals surface area contributed by atoms with Crippen molar-refractivity contribution in [2.24, 2.45) is 0 Å². The summed E-state index contributed by atoms with van der Waals surface area (Å²) in [5.41, 5.74) is 3.40. The number of nitrogens with one attached hydrogen (secondary N) is 1. The second kappa shape index (κ2) is 4.14. The first-order valence-electron chi connectivity index (χ1n) is 6.36. The maximum absolute atomic E-state index is 11.0. The highest BCUT2D eigenvalue weighted by atomic mass is 16.6. The van der Waals surface area contributed by atoms with Crippen molar-refractivity contribution in [1.29, 1.82) is 0 Å². The second-order valence-corrected chi connectivity index (χ2v) is 4.67. The fraction of sp³-hybridized carbons (Fsp3) is 0. The molecule has 0 aliphatic heterocycles. The van der Waals surface area contributed by atoms with E-state index in [9.17, 15) is 10.1 Å². The summed E-state index contributed by atoms with van der Waals surface area (Å²) in [6, 6.07) is 14.5. The Morgan fingerprint density at radius 3 is 2.76 bits per heavy atom. The zero-order chi connectivity index (χ0) is 14.4. The summed E-state index contributed by atoms with van der Waals surface area (Å²) in [4.78, 5) is 10.6. The number of nitrogens with zero attached hydrogens (tertiary/aromatic N) is 4. The molecule has 7 heteroatoms. The molecule has 2 aromatic carbocycles. The van der Waals surface area contributed by atoms with Crippen molar-refractivity contribution in [3.8, 4) is 11.3 Å². The van der Waals surface area contributed by atoms with Crippen molar-refractivity contribution in [2.45, 2.75) is 0 Å². The molecule has 4 rings (SSSR count). The normalized spacial score (nSPS) is 11.2. The highest BCUT2D eigenvalue weighted by molar-refractivity contribution is 5.74. The van der Waals surface area contributed by atoms with Crippen LogP contribution in [0.15, 0.2) is 54.7 Å². The van der Waals surface area contributed by atoms with Crippen LogP contribution in [0.3, 0.4) is 0 Å². The predicted molar refractivity (Wildman–Crippen MR) is 74.8 cm³/mol. The SMILES string of the molecule is O=[N+]([O-])c1ccc2[nH]n3ncc(-c4ccccc4)[n+]3c2c1. The van der Waals surface area contributed by atoms with E-state index in [2.05, 4.69) is 10.2 Å². The Labute approximate surface area is 118 Å². The molecule has 0 atom stereocenters. The smallest absolute Gasteiger partial charge is 0.258 e. The molecular formula is C14H10N5O2+. The average Bonchev–Trinajstić information content (AvgIpc) is 3.06. The third kappa shape index (κ3) is 1.68. The van der Waals surface area contributed by atoms with Crippen molar-refractivity contribution in [1.82, 2.24) is 14.9 Å². The summed E-state index contributed by atoms with van der Waals surface area (Å²) in [6.07, 6.45) is 1.73. The van der Waals surface area contributed by atoms with E-state index in [-0.39, 0.29) is 5.69 Å². The van der Waals surface area contributed by atoms with Gasteiger partial charge >= 0.3 is 0 Å². The number of non-ortho nitro benzene ring substituents is 1. The molecule has 102 valence electrons. The lowest BCUT2D eigenvalue weighted by Gasteiger charge is -1.94. The van der Waals surface area contributed by atoms with Crippen LogP contribution >= 0.6 is 0 Å². The number of aromatic nitrogens is 4. The Hall–Kier alpha value is -3.22. The van der Waals surface area contributed by atoms with Crippen LogP contribution in [0.25, 0.3) is 22.3 Å². The fourth-order valence-corrected chi connectivity index (χ4v) is 2.45. The van der Waals surface area contributed by atoms with Gasteiger partial charge in [-0.05, 0) is 6.07 Å². The first-order chi connectivity index (χ1) is 10.2. The number of rotatable bonds is 2. The first kappa shape index (κ1) is 11.6. The van der Waals surface area contributed by atoms with Crippen LogP contribution in [0.1, 0.15) is 0 Å². The molecule has 0 aliphatic rings. The molecule has 7 nitrogen and oxygen atoms in total. The van der Waals surface area contributed by atoms with Gasteiger partial charge in [0.25, 0.3) is 5.69 Å². The Kier molecular flexibility index (Phi) is 2.28. The number of hydrogen-bond acceptors (Lipinski definition) is 3. The fourth-order valence-electron chi connectivity index (χ4n) is 2.45. The molecule has 0 radical (unpaired) electrons. The molecule has 21 heavy (non-hydrogen) atoms. The van der Waals surface area contributed by atoms with Gasteiger partial charge in [-0.2, -0.15) is 5.10 Å². The summed E-state index contributed by atoms with van der Waals surface area (Å²) >= 11 is 0. The van der Waals surface area contributed by atoms with Crippen LogP contribution in [0.4, 0.5) is 5.69 Å². The van der Waals surface area contributed by atoms with E-state index < -0.39 is 4.92 Å². The van der Waals surface area contributed by atoms with Gasteiger partial charge in [0.15, 0.2) is 22.9 Å². The van der Waals surface area contributed by atoms with Crippen LogP contribution in [0.5, 0.6) is 0 Å². The minimum Gasteiger partial charge on any atom is -0.258 e. The van der Waals surface area contributed by atoms with E-state index in [0.717, 1.165) is 16.8 Å². The molecule has 0 unspecified atom stereocenters. The molecule has 2 heterocycles. The van der Waals surface area contributed by atoms with Gasteiger partial charge in [0.1, 0.15) is 0 Å². The van der Waals surface area contributed by atoms with E-state index in [1.165, 1.54) is 6.07 Å². The zero-order valence-electron chi connectivity index (χ0n) is 10.8. The molecule has 0 saturated heterocycles. The lowest BCUT2D eigenvalue weighted by Crippen LogP contribution is -2.28. The molecule has 0 saturated carbocycles. The number of benzene rings is 2. The highest BCUT2D eigenvalue weighted by Crippen LogP contribution is 2.20. The third-order valence-electron chi connectivity index (χ3n) is 3.42. The van der Waals surface area contributed by atoms with Gasteiger partial charge in [-0.1, -0.05) is 30.3 Å². The second-order valence-electron chi connectivity index (χ2n) is 4.67. The van der Waals surface area contributed by atoms with Crippen LogP contribution in [0, 0.1) is 10.1 Å². The van der Waals surface area contributed by atoms with Crippen molar-refractivity contribution < 1.29 is 9.44 Å². The molecule has 1 N–H and O–H groups in total. The largest absolute Gasteiger partial charge is 0.273 e. The zero-order valence-corrected chi connectivity index (χ0v) is 10.8. The van der Waals surface area contributed by atoms with Crippen LogP contribution in [0.2, 0.25) is 0 Å².